The molecule has 1 unspecified atom stereocenters. The zero-order chi connectivity index (χ0) is 12.8. The topological polar surface area (TPSA) is 76.4 Å². The maximum atomic E-state index is 11.7. The summed E-state index contributed by atoms with van der Waals surface area (Å²) in [7, 11) is 0. The van der Waals surface area contributed by atoms with Gasteiger partial charge in [0.15, 0.2) is 0 Å². The quantitative estimate of drug-likeness (QED) is 0.753. The van der Waals surface area contributed by atoms with Crippen LogP contribution in [0, 0.1) is 5.92 Å². The van der Waals surface area contributed by atoms with Gasteiger partial charge in [0.2, 0.25) is 0 Å². The van der Waals surface area contributed by atoms with Gasteiger partial charge in [0.25, 0.3) is 0 Å². The molecule has 0 spiro atoms. The summed E-state index contributed by atoms with van der Waals surface area (Å²) < 4.78 is 5.25. The minimum Gasteiger partial charge on any atom is -0.381 e. The van der Waals surface area contributed by atoms with Crippen molar-refractivity contribution < 1.29 is 9.53 Å². The average molecular weight is 249 g/mol. The lowest BCUT2D eigenvalue weighted by atomic mass is 10.1. The third-order valence-electron chi connectivity index (χ3n) is 3.00. The van der Waals surface area contributed by atoms with Crippen LogP contribution in [0.25, 0.3) is 0 Å². The molecule has 5 nitrogen and oxygen atoms in total. The first-order valence-electron chi connectivity index (χ1n) is 6.19. The average Bonchev–Trinajstić information content (AvgIpc) is 2.90. The second kappa shape index (κ2) is 6.37. The molecule has 2 amide bonds. The minimum atomic E-state index is -0.184. The summed E-state index contributed by atoms with van der Waals surface area (Å²) in [6, 6.07) is 7.34. The summed E-state index contributed by atoms with van der Waals surface area (Å²) >= 11 is 0. The number of ether oxygens (including phenoxy) is 1. The van der Waals surface area contributed by atoms with Crippen molar-refractivity contribution in [1.29, 1.82) is 0 Å². The van der Waals surface area contributed by atoms with Crippen LogP contribution in [0.5, 0.6) is 0 Å². The van der Waals surface area contributed by atoms with Crippen LogP contribution in [-0.2, 0) is 11.3 Å². The number of urea groups is 1. The number of benzene rings is 1. The zero-order valence-corrected chi connectivity index (χ0v) is 10.3. The Bertz CT molecular complexity index is 403. The van der Waals surface area contributed by atoms with E-state index in [2.05, 4.69) is 10.6 Å². The Balaban J connectivity index is 1.78. The summed E-state index contributed by atoms with van der Waals surface area (Å²) in [6.07, 6.45) is 1.02. The fourth-order valence-electron chi connectivity index (χ4n) is 1.93. The molecule has 1 heterocycles. The molecule has 1 aromatic rings. The van der Waals surface area contributed by atoms with Gasteiger partial charge in [-0.1, -0.05) is 12.1 Å². The van der Waals surface area contributed by atoms with Crippen LogP contribution in [0.2, 0.25) is 0 Å². The number of amides is 2. The lowest BCUT2D eigenvalue weighted by Gasteiger charge is -2.11. The van der Waals surface area contributed by atoms with Gasteiger partial charge in [-0.2, -0.15) is 0 Å². The zero-order valence-electron chi connectivity index (χ0n) is 10.3. The molecule has 18 heavy (non-hydrogen) atoms. The van der Waals surface area contributed by atoms with Crippen molar-refractivity contribution in [3.8, 4) is 0 Å². The Morgan fingerprint density at radius 1 is 1.50 bits per heavy atom. The van der Waals surface area contributed by atoms with Crippen LogP contribution in [0.15, 0.2) is 24.3 Å². The van der Waals surface area contributed by atoms with E-state index in [1.165, 1.54) is 0 Å². The Kier molecular flexibility index (Phi) is 4.55. The predicted molar refractivity (Wildman–Crippen MR) is 70.3 cm³/mol. The maximum absolute atomic E-state index is 11.7. The SMILES string of the molecule is NCc1cccc(NC(=O)NCC2CCOC2)c1. The first-order chi connectivity index (χ1) is 8.78. The maximum Gasteiger partial charge on any atom is 0.319 e. The van der Waals surface area contributed by atoms with Crippen LogP contribution in [0.1, 0.15) is 12.0 Å². The number of anilines is 1. The van der Waals surface area contributed by atoms with E-state index in [9.17, 15) is 4.79 Å². The van der Waals surface area contributed by atoms with Gasteiger partial charge in [-0.25, -0.2) is 4.79 Å². The lowest BCUT2D eigenvalue weighted by Crippen LogP contribution is -2.33. The summed E-state index contributed by atoms with van der Waals surface area (Å²) in [5.41, 5.74) is 7.31. The Hall–Kier alpha value is -1.59. The number of rotatable bonds is 4. The summed E-state index contributed by atoms with van der Waals surface area (Å²) in [5.74, 6) is 0.436. The van der Waals surface area contributed by atoms with E-state index in [-0.39, 0.29) is 6.03 Å². The summed E-state index contributed by atoms with van der Waals surface area (Å²) in [4.78, 5) is 11.7. The van der Waals surface area contributed by atoms with Gasteiger partial charge in [0, 0.05) is 31.3 Å². The molecular weight excluding hydrogens is 230 g/mol. The van der Waals surface area contributed by atoms with Crippen LogP contribution < -0.4 is 16.4 Å². The molecule has 0 radical (unpaired) electrons. The van der Waals surface area contributed by atoms with Crippen LogP contribution in [0.4, 0.5) is 10.5 Å². The molecule has 0 saturated carbocycles. The standard InChI is InChI=1S/C13H19N3O2/c14-7-10-2-1-3-12(6-10)16-13(17)15-8-11-4-5-18-9-11/h1-3,6,11H,4-5,7-9,14H2,(H2,15,16,17). The largest absolute Gasteiger partial charge is 0.381 e. The van der Waals surface area contributed by atoms with Crippen molar-refractivity contribution in [3.63, 3.8) is 0 Å². The van der Waals surface area contributed by atoms with Crippen molar-refractivity contribution >= 4 is 11.7 Å². The van der Waals surface area contributed by atoms with Gasteiger partial charge < -0.3 is 21.1 Å². The molecule has 0 aliphatic carbocycles. The summed E-state index contributed by atoms with van der Waals surface area (Å²) in [6.45, 7) is 2.66. The molecular formula is C13H19N3O2. The van der Waals surface area contributed by atoms with Crippen molar-refractivity contribution in [2.45, 2.75) is 13.0 Å². The first kappa shape index (κ1) is 12.9. The van der Waals surface area contributed by atoms with Crippen LogP contribution in [-0.4, -0.2) is 25.8 Å². The van der Waals surface area contributed by atoms with Crippen molar-refractivity contribution in [2.24, 2.45) is 11.7 Å². The number of nitrogens with one attached hydrogen (secondary N) is 2. The molecule has 98 valence electrons. The number of hydrogen-bond donors (Lipinski definition) is 3. The van der Waals surface area contributed by atoms with Gasteiger partial charge >= 0.3 is 6.03 Å². The van der Waals surface area contributed by atoms with E-state index in [1.54, 1.807) is 0 Å². The fraction of sp³-hybridized carbons (Fsp3) is 0.462. The smallest absolute Gasteiger partial charge is 0.319 e. The highest BCUT2D eigenvalue weighted by atomic mass is 16.5. The molecule has 4 N–H and O–H groups in total. The minimum absolute atomic E-state index is 0.184. The van der Waals surface area contributed by atoms with E-state index in [1.807, 2.05) is 24.3 Å². The number of carbonyl (C=O) groups is 1. The van der Waals surface area contributed by atoms with Crippen molar-refractivity contribution in [3.05, 3.63) is 29.8 Å². The third-order valence-corrected chi connectivity index (χ3v) is 3.00. The number of nitrogens with two attached hydrogens (primary N) is 1. The first-order valence-corrected chi connectivity index (χ1v) is 6.19. The van der Waals surface area contributed by atoms with E-state index in [0.29, 0.717) is 19.0 Å². The van der Waals surface area contributed by atoms with Gasteiger partial charge in [-0.3, -0.25) is 0 Å². The lowest BCUT2D eigenvalue weighted by molar-refractivity contribution is 0.185. The van der Waals surface area contributed by atoms with Gasteiger partial charge in [0.1, 0.15) is 0 Å². The molecule has 1 aromatic carbocycles. The number of carbonyl (C=O) groups excluding carboxylic acids is 1. The van der Waals surface area contributed by atoms with Crippen LogP contribution >= 0.6 is 0 Å². The second-order valence-corrected chi connectivity index (χ2v) is 4.47. The normalized spacial score (nSPS) is 18.6. The highest BCUT2D eigenvalue weighted by Gasteiger charge is 2.16. The Morgan fingerprint density at radius 3 is 3.11 bits per heavy atom. The molecule has 1 fully saturated rings. The van der Waals surface area contributed by atoms with E-state index < -0.39 is 0 Å². The second-order valence-electron chi connectivity index (χ2n) is 4.47. The molecule has 2 rings (SSSR count). The van der Waals surface area contributed by atoms with Crippen LogP contribution in [0.3, 0.4) is 0 Å². The molecule has 1 aliphatic heterocycles. The third kappa shape index (κ3) is 3.72. The molecule has 0 aromatic heterocycles. The monoisotopic (exact) mass is 249 g/mol. The highest BCUT2D eigenvalue weighted by Crippen LogP contribution is 2.12. The van der Waals surface area contributed by atoms with Crippen molar-refractivity contribution in [2.75, 3.05) is 25.1 Å². The van der Waals surface area contributed by atoms with E-state index in [4.69, 9.17) is 10.5 Å². The Morgan fingerprint density at radius 2 is 2.39 bits per heavy atom. The summed E-state index contributed by atoms with van der Waals surface area (Å²) in [5, 5.41) is 5.64. The highest BCUT2D eigenvalue weighted by molar-refractivity contribution is 5.89. The molecule has 1 saturated heterocycles. The Labute approximate surface area is 107 Å². The predicted octanol–water partition coefficient (Wildman–Crippen LogP) is 1.30. The van der Waals surface area contributed by atoms with Crippen molar-refractivity contribution in [1.82, 2.24) is 5.32 Å². The van der Waals surface area contributed by atoms with Gasteiger partial charge in [0.05, 0.1) is 6.61 Å². The molecule has 1 aliphatic rings. The fourth-order valence-corrected chi connectivity index (χ4v) is 1.93. The van der Waals surface area contributed by atoms with Gasteiger partial charge in [-0.15, -0.1) is 0 Å². The molecule has 1 atom stereocenters. The van der Waals surface area contributed by atoms with E-state index >= 15 is 0 Å². The van der Waals surface area contributed by atoms with E-state index in [0.717, 1.165) is 30.9 Å². The molecule has 0 bridgehead atoms. The number of hydrogen-bond acceptors (Lipinski definition) is 3. The molecule has 5 heteroatoms. The van der Waals surface area contributed by atoms with Gasteiger partial charge in [-0.05, 0) is 24.1 Å².